The molecular formula is C14H15BrClNOS. The molecule has 0 amide bonds. The molecule has 0 aliphatic rings. The van der Waals surface area contributed by atoms with Gasteiger partial charge in [0.15, 0.2) is 0 Å². The third kappa shape index (κ3) is 3.96. The molecule has 0 aliphatic heterocycles. The zero-order valence-corrected chi connectivity index (χ0v) is 13.7. The topological polar surface area (TPSA) is 21.3 Å². The number of rotatable bonds is 6. The number of nitrogens with one attached hydrogen (secondary N) is 1. The first-order valence-corrected chi connectivity index (χ1v) is 8.10. The van der Waals surface area contributed by atoms with Crippen molar-refractivity contribution in [1.82, 2.24) is 5.32 Å². The molecular weight excluding hydrogens is 346 g/mol. The SMILES string of the molecule is CCNCc1cccc(Cl)c1OCc1sccc1Br. The average Bonchev–Trinajstić information content (AvgIpc) is 2.81. The van der Waals surface area contributed by atoms with Gasteiger partial charge in [0, 0.05) is 16.6 Å². The van der Waals surface area contributed by atoms with Gasteiger partial charge in [-0.15, -0.1) is 11.3 Å². The van der Waals surface area contributed by atoms with Crippen LogP contribution in [0, 0.1) is 0 Å². The number of para-hydroxylation sites is 1. The highest BCUT2D eigenvalue weighted by molar-refractivity contribution is 9.10. The van der Waals surface area contributed by atoms with Crippen molar-refractivity contribution < 1.29 is 4.74 Å². The van der Waals surface area contributed by atoms with Crippen LogP contribution in [0.15, 0.2) is 34.1 Å². The Labute approximate surface area is 130 Å². The molecule has 0 spiro atoms. The summed E-state index contributed by atoms with van der Waals surface area (Å²) in [5, 5.41) is 5.98. The fourth-order valence-corrected chi connectivity index (χ4v) is 3.31. The smallest absolute Gasteiger partial charge is 0.142 e. The molecule has 2 rings (SSSR count). The van der Waals surface area contributed by atoms with Crippen molar-refractivity contribution in [1.29, 1.82) is 0 Å². The normalized spacial score (nSPS) is 10.7. The molecule has 102 valence electrons. The highest BCUT2D eigenvalue weighted by atomic mass is 79.9. The van der Waals surface area contributed by atoms with E-state index in [9.17, 15) is 0 Å². The second-order valence-corrected chi connectivity index (χ2v) is 6.25. The molecule has 0 radical (unpaired) electrons. The zero-order valence-electron chi connectivity index (χ0n) is 10.6. The average molecular weight is 361 g/mol. The van der Waals surface area contributed by atoms with Gasteiger partial charge in [-0.1, -0.05) is 30.7 Å². The molecule has 0 saturated heterocycles. The van der Waals surface area contributed by atoms with Gasteiger partial charge in [-0.25, -0.2) is 0 Å². The lowest BCUT2D eigenvalue weighted by atomic mass is 10.2. The van der Waals surface area contributed by atoms with E-state index in [0.29, 0.717) is 11.6 Å². The van der Waals surface area contributed by atoms with E-state index in [1.807, 2.05) is 29.6 Å². The molecule has 1 aromatic heterocycles. The number of benzene rings is 1. The van der Waals surface area contributed by atoms with Crippen LogP contribution in [0.2, 0.25) is 5.02 Å². The number of thiophene rings is 1. The van der Waals surface area contributed by atoms with Crippen LogP contribution in [0.1, 0.15) is 17.4 Å². The Bertz CT molecular complexity index is 544. The molecule has 5 heteroatoms. The Morgan fingerprint density at radius 2 is 2.21 bits per heavy atom. The van der Waals surface area contributed by atoms with Gasteiger partial charge < -0.3 is 10.1 Å². The maximum Gasteiger partial charge on any atom is 0.142 e. The Balaban J connectivity index is 2.12. The Morgan fingerprint density at radius 3 is 2.89 bits per heavy atom. The second kappa shape index (κ2) is 7.29. The Hall–Kier alpha value is -0.550. The summed E-state index contributed by atoms with van der Waals surface area (Å²) < 4.78 is 6.98. The van der Waals surface area contributed by atoms with E-state index in [4.69, 9.17) is 16.3 Å². The Morgan fingerprint density at radius 1 is 1.37 bits per heavy atom. The van der Waals surface area contributed by atoms with Crippen molar-refractivity contribution >= 4 is 38.9 Å². The van der Waals surface area contributed by atoms with Crippen molar-refractivity contribution in [2.45, 2.75) is 20.1 Å². The Kier molecular flexibility index (Phi) is 5.70. The van der Waals surface area contributed by atoms with E-state index in [0.717, 1.165) is 33.8 Å². The third-order valence-electron chi connectivity index (χ3n) is 2.65. The first-order valence-electron chi connectivity index (χ1n) is 6.05. The second-order valence-electron chi connectivity index (χ2n) is 3.99. The van der Waals surface area contributed by atoms with Crippen molar-refractivity contribution in [2.24, 2.45) is 0 Å². The molecule has 0 fully saturated rings. The molecule has 0 bridgehead atoms. The molecule has 0 unspecified atom stereocenters. The van der Waals surface area contributed by atoms with Gasteiger partial charge in [-0.3, -0.25) is 0 Å². The van der Waals surface area contributed by atoms with Gasteiger partial charge in [-0.2, -0.15) is 0 Å². The minimum absolute atomic E-state index is 0.529. The van der Waals surface area contributed by atoms with Crippen LogP contribution in [-0.4, -0.2) is 6.54 Å². The molecule has 1 N–H and O–H groups in total. The van der Waals surface area contributed by atoms with Crippen molar-refractivity contribution in [3.05, 3.63) is 49.6 Å². The highest BCUT2D eigenvalue weighted by Crippen LogP contribution is 2.31. The molecule has 1 heterocycles. The van der Waals surface area contributed by atoms with Crippen LogP contribution >= 0.6 is 38.9 Å². The van der Waals surface area contributed by atoms with E-state index < -0.39 is 0 Å². The van der Waals surface area contributed by atoms with Crippen molar-refractivity contribution in [3.8, 4) is 5.75 Å². The van der Waals surface area contributed by atoms with Gasteiger partial charge in [0.2, 0.25) is 0 Å². The molecule has 1 aromatic carbocycles. The van der Waals surface area contributed by atoms with Crippen LogP contribution < -0.4 is 10.1 Å². The number of hydrogen-bond donors (Lipinski definition) is 1. The van der Waals surface area contributed by atoms with Crippen LogP contribution in [0.3, 0.4) is 0 Å². The lowest BCUT2D eigenvalue weighted by molar-refractivity contribution is 0.305. The van der Waals surface area contributed by atoms with E-state index >= 15 is 0 Å². The third-order valence-corrected chi connectivity index (χ3v) is 4.85. The lowest BCUT2D eigenvalue weighted by Gasteiger charge is -2.13. The lowest BCUT2D eigenvalue weighted by Crippen LogP contribution is -2.13. The minimum atomic E-state index is 0.529. The quantitative estimate of drug-likeness (QED) is 0.795. The summed E-state index contributed by atoms with van der Waals surface area (Å²) in [6.45, 7) is 4.29. The summed E-state index contributed by atoms with van der Waals surface area (Å²) in [5.41, 5.74) is 1.09. The predicted molar refractivity (Wildman–Crippen MR) is 85.2 cm³/mol. The largest absolute Gasteiger partial charge is 0.486 e. The molecule has 2 nitrogen and oxygen atoms in total. The molecule has 2 aromatic rings. The van der Waals surface area contributed by atoms with Crippen LogP contribution in [0.5, 0.6) is 5.75 Å². The summed E-state index contributed by atoms with van der Waals surface area (Å²) in [6, 6.07) is 7.86. The summed E-state index contributed by atoms with van der Waals surface area (Å²) in [5.74, 6) is 0.769. The molecule has 19 heavy (non-hydrogen) atoms. The van der Waals surface area contributed by atoms with Crippen LogP contribution in [-0.2, 0) is 13.2 Å². The molecule has 0 saturated carbocycles. The maximum absolute atomic E-state index is 6.23. The van der Waals surface area contributed by atoms with Crippen molar-refractivity contribution in [2.75, 3.05) is 6.54 Å². The monoisotopic (exact) mass is 359 g/mol. The first-order chi connectivity index (χ1) is 9.22. The summed E-state index contributed by atoms with van der Waals surface area (Å²) >= 11 is 11.4. The van der Waals surface area contributed by atoms with Crippen LogP contribution in [0.25, 0.3) is 0 Å². The van der Waals surface area contributed by atoms with Gasteiger partial charge in [-0.05, 0) is 40.0 Å². The van der Waals surface area contributed by atoms with Crippen LogP contribution in [0.4, 0.5) is 0 Å². The standard InChI is InChI=1S/C14H15BrClNOS/c1-2-17-8-10-4-3-5-12(16)14(10)18-9-13-11(15)6-7-19-13/h3-7,17H,2,8-9H2,1H3. The van der Waals surface area contributed by atoms with E-state index in [-0.39, 0.29) is 0 Å². The fourth-order valence-electron chi connectivity index (χ4n) is 1.68. The van der Waals surface area contributed by atoms with E-state index in [1.54, 1.807) is 11.3 Å². The number of ether oxygens (including phenoxy) is 1. The first kappa shape index (κ1) is 14.9. The number of halogens is 2. The van der Waals surface area contributed by atoms with Crippen molar-refractivity contribution in [3.63, 3.8) is 0 Å². The zero-order chi connectivity index (χ0) is 13.7. The fraction of sp³-hybridized carbons (Fsp3) is 0.286. The maximum atomic E-state index is 6.23. The van der Waals surface area contributed by atoms with E-state index in [1.165, 1.54) is 0 Å². The molecule has 0 atom stereocenters. The summed E-state index contributed by atoms with van der Waals surface area (Å²) in [7, 11) is 0. The highest BCUT2D eigenvalue weighted by Gasteiger charge is 2.10. The number of hydrogen-bond acceptors (Lipinski definition) is 3. The predicted octanol–water partition coefficient (Wildman–Crippen LogP) is 4.85. The van der Waals surface area contributed by atoms with Gasteiger partial charge >= 0.3 is 0 Å². The summed E-state index contributed by atoms with van der Waals surface area (Å²) in [6.07, 6.45) is 0. The van der Waals surface area contributed by atoms with Gasteiger partial charge in [0.25, 0.3) is 0 Å². The minimum Gasteiger partial charge on any atom is -0.486 e. The molecule has 0 aliphatic carbocycles. The van der Waals surface area contributed by atoms with E-state index in [2.05, 4.69) is 28.2 Å². The van der Waals surface area contributed by atoms with Gasteiger partial charge in [0.05, 0.1) is 9.90 Å². The summed E-state index contributed by atoms with van der Waals surface area (Å²) in [4.78, 5) is 1.16. The van der Waals surface area contributed by atoms with Gasteiger partial charge in [0.1, 0.15) is 12.4 Å².